The highest BCUT2D eigenvalue weighted by atomic mass is 35.5. The van der Waals surface area contributed by atoms with Crippen LogP contribution in [0.2, 0.25) is 10.0 Å². The van der Waals surface area contributed by atoms with Gasteiger partial charge in [0.2, 0.25) is 0 Å². The van der Waals surface area contributed by atoms with E-state index in [4.69, 9.17) is 37.4 Å². The standard InChI is InChI=1S/C23H26Cl2N2O5/c1-17(26-22(28)16-32-21-9-5-19(25)6-10-21)11-12-27(15-23(29)30-2)13-14-31-20-7-3-18(24)4-8-20/h3-10H,1,11-16H2,2H3,(H,26,28). The molecule has 1 amide bonds. The Balaban J connectivity index is 1.74. The number of hydrogen-bond acceptors (Lipinski definition) is 6. The first kappa shape index (κ1) is 25.5. The van der Waals surface area contributed by atoms with Crippen molar-refractivity contribution in [3.05, 3.63) is 70.9 Å². The van der Waals surface area contributed by atoms with Gasteiger partial charge in [-0.2, -0.15) is 0 Å². The summed E-state index contributed by atoms with van der Waals surface area (Å²) in [6, 6.07) is 13.8. The van der Waals surface area contributed by atoms with Crippen LogP contribution in [0.25, 0.3) is 0 Å². The number of benzene rings is 2. The van der Waals surface area contributed by atoms with Gasteiger partial charge in [0.15, 0.2) is 6.61 Å². The third-order valence-electron chi connectivity index (χ3n) is 4.30. The molecule has 0 bridgehead atoms. The molecule has 0 spiro atoms. The van der Waals surface area contributed by atoms with Crippen LogP contribution in [0.15, 0.2) is 60.8 Å². The maximum atomic E-state index is 12.1. The summed E-state index contributed by atoms with van der Waals surface area (Å²) in [6.07, 6.45) is 0.449. The maximum Gasteiger partial charge on any atom is 0.319 e. The van der Waals surface area contributed by atoms with E-state index in [-0.39, 0.29) is 25.0 Å². The van der Waals surface area contributed by atoms with E-state index in [9.17, 15) is 9.59 Å². The van der Waals surface area contributed by atoms with E-state index in [1.807, 2.05) is 4.90 Å². The van der Waals surface area contributed by atoms with Crippen LogP contribution < -0.4 is 14.8 Å². The Morgan fingerprint density at radius 3 is 2.06 bits per heavy atom. The molecule has 0 heterocycles. The molecule has 0 radical (unpaired) electrons. The second-order valence-corrected chi connectivity index (χ2v) is 7.67. The minimum absolute atomic E-state index is 0.0986. The van der Waals surface area contributed by atoms with E-state index >= 15 is 0 Å². The number of carbonyl (C=O) groups is 2. The quantitative estimate of drug-likeness (QED) is 0.437. The molecule has 172 valence electrons. The number of esters is 1. The van der Waals surface area contributed by atoms with Gasteiger partial charge < -0.3 is 19.5 Å². The number of methoxy groups -OCH3 is 1. The highest BCUT2D eigenvalue weighted by Crippen LogP contribution is 2.16. The smallest absolute Gasteiger partial charge is 0.319 e. The molecule has 0 atom stereocenters. The first-order valence-corrected chi connectivity index (χ1v) is 10.6. The zero-order chi connectivity index (χ0) is 23.3. The van der Waals surface area contributed by atoms with Crippen LogP contribution in [0.4, 0.5) is 0 Å². The molecule has 9 heteroatoms. The minimum atomic E-state index is -0.359. The molecule has 0 aliphatic carbocycles. The number of carbonyl (C=O) groups excluding carboxylic acids is 2. The third-order valence-corrected chi connectivity index (χ3v) is 4.80. The normalized spacial score (nSPS) is 10.5. The van der Waals surface area contributed by atoms with Gasteiger partial charge >= 0.3 is 5.97 Å². The largest absolute Gasteiger partial charge is 0.492 e. The fraction of sp³-hybridized carbons (Fsp3) is 0.304. The molecule has 1 N–H and O–H groups in total. The second kappa shape index (κ2) is 13.6. The average Bonchev–Trinajstić information content (AvgIpc) is 2.78. The molecule has 32 heavy (non-hydrogen) atoms. The molecule has 2 aromatic rings. The molecule has 0 aliphatic rings. The van der Waals surface area contributed by atoms with Gasteiger partial charge in [-0.3, -0.25) is 14.5 Å². The van der Waals surface area contributed by atoms with Crippen molar-refractivity contribution in [2.24, 2.45) is 0 Å². The average molecular weight is 481 g/mol. The van der Waals surface area contributed by atoms with Gasteiger partial charge in [-0.1, -0.05) is 29.8 Å². The van der Waals surface area contributed by atoms with Gasteiger partial charge in [-0.05, 0) is 55.0 Å². The van der Waals surface area contributed by atoms with Crippen LogP contribution in [-0.4, -0.2) is 56.7 Å². The van der Waals surface area contributed by atoms with Crippen molar-refractivity contribution in [1.29, 1.82) is 0 Å². The predicted octanol–water partition coefficient (Wildman–Crippen LogP) is 3.95. The molecule has 0 aliphatic heterocycles. The Morgan fingerprint density at radius 1 is 0.938 bits per heavy atom. The fourth-order valence-electron chi connectivity index (χ4n) is 2.61. The molecular weight excluding hydrogens is 455 g/mol. The molecule has 2 aromatic carbocycles. The maximum absolute atomic E-state index is 12.1. The van der Waals surface area contributed by atoms with Gasteiger partial charge in [0.05, 0.1) is 13.7 Å². The monoisotopic (exact) mass is 480 g/mol. The SMILES string of the molecule is C=C(CCN(CCOc1ccc(Cl)cc1)CC(=O)OC)NC(=O)COc1ccc(Cl)cc1. The Hall–Kier alpha value is -2.74. The first-order chi connectivity index (χ1) is 15.4. The first-order valence-electron chi connectivity index (χ1n) is 9.89. The van der Waals surface area contributed by atoms with E-state index < -0.39 is 0 Å². The highest BCUT2D eigenvalue weighted by molar-refractivity contribution is 6.30. The lowest BCUT2D eigenvalue weighted by atomic mass is 10.3. The summed E-state index contributed by atoms with van der Waals surface area (Å²) >= 11 is 11.7. The third kappa shape index (κ3) is 10.0. The Labute approximate surface area is 197 Å². The summed E-state index contributed by atoms with van der Waals surface area (Å²) in [5, 5.41) is 3.92. The number of nitrogens with zero attached hydrogens (tertiary/aromatic N) is 1. The van der Waals surface area contributed by atoms with E-state index in [0.717, 1.165) is 0 Å². The Kier molecular flexibility index (Phi) is 10.9. The van der Waals surface area contributed by atoms with Crippen LogP contribution in [0.5, 0.6) is 11.5 Å². The summed E-state index contributed by atoms with van der Waals surface area (Å²) < 4.78 is 15.9. The Bertz CT molecular complexity index is 888. The second-order valence-electron chi connectivity index (χ2n) is 6.80. The number of nitrogens with one attached hydrogen (secondary N) is 1. The minimum Gasteiger partial charge on any atom is -0.492 e. The molecule has 0 fully saturated rings. The van der Waals surface area contributed by atoms with E-state index in [2.05, 4.69) is 11.9 Å². The van der Waals surface area contributed by atoms with Crippen LogP contribution >= 0.6 is 23.2 Å². The van der Waals surface area contributed by atoms with Crippen molar-refractivity contribution in [2.45, 2.75) is 6.42 Å². The van der Waals surface area contributed by atoms with Gasteiger partial charge in [0.1, 0.15) is 18.1 Å². The number of hydrogen-bond donors (Lipinski definition) is 1. The van der Waals surface area contributed by atoms with Crippen molar-refractivity contribution in [2.75, 3.05) is 40.0 Å². The van der Waals surface area contributed by atoms with Gasteiger partial charge in [0.25, 0.3) is 5.91 Å². The molecule has 2 rings (SSSR count). The number of rotatable bonds is 13. The van der Waals surface area contributed by atoms with Crippen LogP contribution in [0.3, 0.4) is 0 Å². The lowest BCUT2D eigenvalue weighted by molar-refractivity contribution is -0.142. The fourth-order valence-corrected chi connectivity index (χ4v) is 2.86. The summed E-state index contributed by atoms with van der Waals surface area (Å²) in [4.78, 5) is 25.7. The van der Waals surface area contributed by atoms with E-state index in [1.54, 1.807) is 48.5 Å². The molecule has 0 saturated heterocycles. The van der Waals surface area contributed by atoms with Crippen molar-refractivity contribution < 1.29 is 23.8 Å². The number of halogens is 2. The number of amides is 1. The van der Waals surface area contributed by atoms with Crippen molar-refractivity contribution in [3.8, 4) is 11.5 Å². The van der Waals surface area contributed by atoms with Crippen molar-refractivity contribution >= 4 is 35.1 Å². The predicted molar refractivity (Wildman–Crippen MR) is 124 cm³/mol. The molecule has 0 unspecified atom stereocenters. The number of ether oxygens (including phenoxy) is 3. The highest BCUT2D eigenvalue weighted by Gasteiger charge is 2.13. The molecule has 7 nitrogen and oxygen atoms in total. The van der Waals surface area contributed by atoms with Crippen LogP contribution in [-0.2, 0) is 14.3 Å². The van der Waals surface area contributed by atoms with Gasteiger partial charge in [0, 0.05) is 28.8 Å². The molecule has 0 aromatic heterocycles. The lowest BCUT2D eigenvalue weighted by Gasteiger charge is -2.21. The summed E-state index contributed by atoms with van der Waals surface area (Å²) in [5.41, 5.74) is 0.517. The topological polar surface area (TPSA) is 77.1 Å². The molecular formula is C23H26Cl2N2O5. The van der Waals surface area contributed by atoms with Crippen LogP contribution in [0, 0.1) is 0 Å². The zero-order valence-electron chi connectivity index (χ0n) is 17.8. The summed E-state index contributed by atoms with van der Waals surface area (Å²) in [5.74, 6) is 0.544. The summed E-state index contributed by atoms with van der Waals surface area (Å²) in [7, 11) is 1.34. The molecule has 0 saturated carbocycles. The van der Waals surface area contributed by atoms with Gasteiger partial charge in [-0.25, -0.2) is 0 Å². The van der Waals surface area contributed by atoms with Gasteiger partial charge in [-0.15, -0.1) is 0 Å². The summed E-state index contributed by atoms with van der Waals surface area (Å²) in [6.45, 7) is 5.16. The zero-order valence-corrected chi connectivity index (χ0v) is 19.3. The van der Waals surface area contributed by atoms with Crippen molar-refractivity contribution in [3.63, 3.8) is 0 Å². The van der Waals surface area contributed by atoms with Crippen LogP contribution in [0.1, 0.15) is 6.42 Å². The Morgan fingerprint density at radius 2 is 1.50 bits per heavy atom. The van der Waals surface area contributed by atoms with E-state index in [0.29, 0.717) is 53.4 Å². The van der Waals surface area contributed by atoms with E-state index in [1.165, 1.54) is 7.11 Å². The lowest BCUT2D eigenvalue weighted by Crippen LogP contribution is -2.36. The van der Waals surface area contributed by atoms with Crippen molar-refractivity contribution in [1.82, 2.24) is 10.2 Å².